The molecule has 0 aliphatic heterocycles. The summed E-state index contributed by atoms with van der Waals surface area (Å²) in [6.45, 7) is 7.40. The molecule has 0 aliphatic carbocycles. The Morgan fingerprint density at radius 3 is 2.45 bits per heavy atom. The van der Waals surface area contributed by atoms with Crippen molar-refractivity contribution in [3.05, 3.63) is 69.8 Å². The van der Waals surface area contributed by atoms with Crippen LogP contribution in [-0.2, 0) is 9.53 Å². The van der Waals surface area contributed by atoms with Crippen molar-refractivity contribution in [3.8, 4) is 16.9 Å². The lowest BCUT2D eigenvalue weighted by molar-refractivity contribution is -0.118. The quantitative estimate of drug-likeness (QED) is 0.480. The van der Waals surface area contributed by atoms with Gasteiger partial charge in [-0.2, -0.15) is 0 Å². The zero-order valence-corrected chi connectivity index (χ0v) is 18.7. The second kappa shape index (κ2) is 9.75. The van der Waals surface area contributed by atoms with Gasteiger partial charge in [-0.3, -0.25) is 4.79 Å². The Morgan fingerprint density at radius 1 is 1.06 bits per heavy atom. The minimum absolute atomic E-state index is 0.194. The molecule has 0 spiro atoms. The van der Waals surface area contributed by atoms with Crippen molar-refractivity contribution < 1.29 is 23.5 Å². The summed E-state index contributed by atoms with van der Waals surface area (Å²) in [6, 6.07) is 11.6. The lowest BCUT2D eigenvalue weighted by Gasteiger charge is -2.11. The summed E-state index contributed by atoms with van der Waals surface area (Å²) >= 11 is 1.27. The number of thiophene rings is 1. The second-order valence-corrected chi connectivity index (χ2v) is 8.30. The number of amides is 1. The smallest absolute Gasteiger partial charge is 0.341 e. The van der Waals surface area contributed by atoms with Gasteiger partial charge in [0.25, 0.3) is 5.91 Å². The Balaban J connectivity index is 1.87. The molecule has 1 heterocycles. The number of carbonyl (C=O) groups is 2. The standard InChI is InChI=1S/C24H24FNO4S/c1-5-29-24(28)22-21(17-8-10-18(25)11-9-17)16(4)31-23(22)26-20(27)13-30-19-12-14(2)6-7-15(19)3/h6-12H,5,13H2,1-4H3,(H,26,27). The van der Waals surface area contributed by atoms with Gasteiger partial charge in [0.05, 0.1) is 6.61 Å². The number of anilines is 1. The Labute approximate surface area is 184 Å². The van der Waals surface area contributed by atoms with Gasteiger partial charge in [0, 0.05) is 10.4 Å². The summed E-state index contributed by atoms with van der Waals surface area (Å²) in [5.41, 5.74) is 3.51. The third kappa shape index (κ3) is 5.30. The Hall–Kier alpha value is -3.19. The number of aryl methyl sites for hydroxylation is 3. The van der Waals surface area contributed by atoms with Crippen molar-refractivity contribution >= 4 is 28.2 Å². The monoisotopic (exact) mass is 441 g/mol. The van der Waals surface area contributed by atoms with Gasteiger partial charge in [-0.15, -0.1) is 11.3 Å². The normalized spacial score (nSPS) is 10.6. The predicted octanol–water partition coefficient (Wildman–Crippen LogP) is 5.67. The molecule has 3 aromatic rings. The molecule has 5 nitrogen and oxygen atoms in total. The Morgan fingerprint density at radius 2 is 1.77 bits per heavy atom. The van der Waals surface area contributed by atoms with Crippen molar-refractivity contribution in [1.29, 1.82) is 0 Å². The molecule has 0 unspecified atom stereocenters. The topological polar surface area (TPSA) is 64.6 Å². The number of benzene rings is 2. The van der Waals surface area contributed by atoms with E-state index in [1.807, 2.05) is 39.0 Å². The molecule has 0 bridgehead atoms. The van der Waals surface area contributed by atoms with Gasteiger partial charge in [-0.1, -0.05) is 24.3 Å². The van der Waals surface area contributed by atoms with Gasteiger partial charge in [0.15, 0.2) is 6.61 Å². The summed E-state index contributed by atoms with van der Waals surface area (Å²) in [4.78, 5) is 26.1. The summed E-state index contributed by atoms with van der Waals surface area (Å²) < 4.78 is 24.3. The lowest BCUT2D eigenvalue weighted by atomic mass is 10.0. The van der Waals surface area contributed by atoms with Crippen LogP contribution in [0.1, 0.15) is 33.3 Å². The summed E-state index contributed by atoms with van der Waals surface area (Å²) in [5.74, 6) is -0.670. The minimum atomic E-state index is -0.545. The second-order valence-electron chi connectivity index (χ2n) is 7.07. The molecule has 0 saturated heterocycles. The first kappa shape index (κ1) is 22.5. The molecule has 1 N–H and O–H groups in total. The molecule has 3 rings (SSSR count). The zero-order chi connectivity index (χ0) is 22.5. The maximum absolute atomic E-state index is 13.4. The third-order valence-electron chi connectivity index (χ3n) is 4.65. The molecule has 0 fully saturated rings. The first-order chi connectivity index (χ1) is 14.8. The van der Waals surface area contributed by atoms with Crippen molar-refractivity contribution in [2.24, 2.45) is 0 Å². The molecule has 2 aromatic carbocycles. The average molecular weight is 442 g/mol. The molecule has 7 heteroatoms. The molecule has 0 aliphatic rings. The number of ether oxygens (including phenoxy) is 2. The highest BCUT2D eigenvalue weighted by atomic mass is 32.1. The molecule has 0 radical (unpaired) electrons. The van der Waals surface area contributed by atoms with Crippen molar-refractivity contribution in [2.45, 2.75) is 27.7 Å². The van der Waals surface area contributed by atoms with E-state index in [9.17, 15) is 14.0 Å². The van der Waals surface area contributed by atoms with Crippen molar-refractivity contribution in [3.63, 3.8) is 0 Å². The Kier molecular flexibility index (Phi) is 7.07. The van der Waals surface area contributed by atoms with E-state index in [1.54, 1.807) is 19.1 Å². The highest BCUT2D eigenvalue weighted by Crippen LogP contribution is 2.40. The van der Waals surface area contributed by atoms with Crippen molar-refractivity contribution in [1.82, 2.24) is 0 Å². The van der Waals surface area contributed by atoms with E-state index < -0.39 is 11.9 Å². The van der Waals surface area contributed by atoms with Crippen LogP contribution in [0.15, 0.2) is 42.5 Å². The highest BCUT2D eigenvalue weighted by molar-refractivity contribution is 7.17. The highest BCUT2D eigenvalue weighted by Gasteiger charge is 2.25. The fourth-order valence-electron chi connectivity index (χ4n) is 3.16. The zero-order valence-electron chi connectivity index (χ0n) is 17.9. The summed E-state index contributed by atoms with van der Waals surface area (Å²) in [5, 5.41) is 3.16. The number of hydrogen-bond acceptors (Lipinski definition) is 5. The number of carbonyl (C=O) groups excluding carboxylic acids is 2. The van der Waals surface area contributed by atoms with Crippen LogP contribution in [0, 0.1) is 26.6 Å². The van der Waals surface area contributed by atoms with Gasteiger partial charge in [-0.05, 0) is 62.6 Å². The van der Waals surface area contributed by atoms with Gasteiger partial charge in [0.1, 0.15) is 22.1 Å². The van der Waals surface area contributed by atoms with Crippen molar-refractivity contribution in [2.75, 3.05) is 18.5 Å². The summed E-state index contributed by atoms with van der Waals surface area (Å²) in [7, 11) is 0. The molecule has 0 saturated carbocycles. The first-order valence-corrected chi connectivity index (χ1v) is 10.7. The maximum atomic E-state index is 13.4. The lowest BCUT2D eigenvalue weighted by Crippen LogP contribution is -2.21. The van der Waals surface area contributed by atoms with E-state index in [0.717, 1.165) is 16.0 Å². The third-order valence-corrected chi connectivity index (χ3v) is 5.67. The van der Waals surface area contributed by atoms with Crippen LogP contribution in [0.3, 0.4) is 0 Å². The average Bonchev–Trinajstić information content (AvgIpc) is 3.05. The maximum Gasteiger partial charge on any atom is 0.341 e. The molecular formula is C24H24FNO4S. The van der Waals surface area contributed by atoms with Crippen LogP contribution in [0.2, 0.25) is 0 Å². The van der Waals surface area contributed by atoms with E-state index >= 15 is 0 Å². The van der Waals surface area contributed by atoms with E-state index in [2.05, 4.69) is 5.32 Å². The van der Waals surface area contributed by atoms with Crippen LogP contribution >= 0.6 is 11.3 Å². The van der Waals surface area contributed by atoms with Gasteiger partial charge >= 0.3 is 5.97 Å². The molecule has 1 aromatic heterocycles. The number of halogens is 1. The van der Waals surface area contributed by atoms with E-state index in [1.165, 1.54) is 23.5 Å². The number of hydrogen-bond donors (Lipinski definition) is 1. The van der Waals surface area contributed by atoms with Crippen LogP contribution in [-0.4, -0.2) is 25.1 Å². The summed E-state index contributed by atoms with van der Waals surface area (Å²) in [6.07, 6.45) is 0. The first-order valence-electron chi connectivity index (χ1n) is 9.86. The van der Waals surface area contributed by atoms with Gasteiger partial charge in [0.2, 0.25) is 0 Å². The van der Waals surface area contributed by atoms with Gasteiger partial charge in [-0.25, -0.2) is 9.18 Å². The fourth-order valence-corrected chi connectivity index (χ4v) is 4.24. The SMILES string of the molecule is CCOC(=O)c1c(NC(=O)COc2cc(C)ccc2C)sc(C)c1-c1ccc(F)cc1. The van der Waals surface area contributed by atoms with Crippen LogP contribution in [0.5, 0.6) is 5.75 Å². The minimum Gasteiger partial charge on any atom is -0.483 e. The van der Waals surface area contributed by atoms with E-state index in [4.69, 9.17) is 9.47 Å². The molecule has 0 atom stereocenters. The van der Waals surface area contributed by atoms with Gasteiger partial charge < -0.3 is 14.8 Å². The van der Waals surface area contributed by atoms with Crippen LogP contribution < -0.4 is 10.1 Å². The molecule has 162 valence electrons. The number of esters is 1. The number of nitrogens with one attached hydrogen (secondary N) is 1. The predicted molar refractivity (Wildman–Crippen MR) is 120 cm³/mol. The van der Waals surface area contributed by atoms with E-state index in [-0.39, 0.29) is 24.6 Å². The Bertz CT molecular complexity index is 1110. The van der Waals surface area contributed by atoms with Crippen LogP contribution in [0.4, 0.5) is 9.39 Å². The molecular weight excluding hydrogens is 417 g/mol. The van der Waals surface area contributed by atoms with Crippen LogP contribution in [0.25, 0.3) is 11.1 Å². The fraction of sp³-hybridized carbons (Fsp3) is 0.250. The van der Waals surface area contributed by atoms with E-state index in [0.29, 0.717) is 21.9 Å². The largest absolute Gasteiger partial charge is 0.483 e. The number of rotatable bonds is 7. The molecule has 1 amide bonds. The molecule has 31 heavy (non-hydrogen) atoms.